The molecule has 2 aromatic carbocycles. The summed E-state index contributed by atoms with van der Waals surface area (Å²) in [7, 11) is -0.621. The molecule has 0 radical (unpaired) electrons. The lowest BCUT2D eigenvalue weighted by molar-refractivity contribution is 0.102. The molecular formula is C21H19N5O3S. The first kappa shape index (κ1) is 19.7. The molecule has 4 aromatic rings. The zero-order valence-electron chi connectivity index (χ0n) is 16.4. The van der Waals surface area contributed by atoms with Gasteiger partial charge in [0, 0.05) is 37.1 Å². The number of nitrogens with one attached hydrogen (secondary N) is 1. The van der Waals surface area contributed by atoms with Crippen molar-refractivity contribution in [1.82, 2.24) is 18.9 Å². The third-order valence-electron chi connectivity index (χ3n) is 4.59. The molecule has 0 unspecified atom stereocenters. The molecule has 2 heterocycles. The highest BCUT2D eigenvalue weighted by molar-refractivity contribution is 7.89. The van der Waals surface area contributed by atoms with Gasteiger partial charge in [0.15, 0.2) is 11.5 Å². The van der Waals surface area contributed by atoms with Crippen LogP contribution >= 0.6 is 0 Å². The normalized spacial score (nSPS) is 11.7. The van der Waals surface area contributed by atoms with Gasteiger partial charge >= 0.3 is 0 Å². The minimum atomic E-state index is -3.54. The van der Waals surface area contributed by atoms with Crippen molar-refractivity contribution in [3.63, 3.8) is 0 Å². The maximum atomic E-state index is 12.6. The molecular weight excluding hydrogens is 402 g/mol. The highest BCUT2D eigenvalue weighted by atomic mass is 32.2. The Labute approximate surface area is 173 Å². The van der Waals surface area contributed by atoms with Crippen LogP contribution in [0.1, 0.15) is 10.4 Å². The Kier molecular flexibility index (Phi) is 5.06. The molecule has 1 amide bonds. The number of pyridine rings is 1. The largest absolute Gasteiger partial charge is 0.322 e. The number of sulfonamides is 1. The van der Waals surface area contributed by atoms with E-state index >= 15 is 0 Å². The predicted molar refractivity (Wildman–Crippen MR) is 114 cm³/mol. The van der Waals surface area contributed by atoms with E-state index in [4.69, 9.17) is 0 Å². The van der Waals surface area contributed by atoms with Gasteiger partial charge in [-0.3, -0.25) is 9.20 Å². The Hall–Kier alpha value is -3.56. The minimum absolute atomic E-state index is 0.129. The summed E-state index contributed by atoms with van der Waals surface area (Å²) in [5.41, 5.74) is 2.48. The van der Waals surface area contributed by atoms with Crippen molar-refractivity contribution < 1.29 is 13.2 Å². The first-order valence-electron chi connectivity index (χ1n) is 9.10. The number of fused-ring (bicyclic) bond motifs is 1. The number of hydrogen-bond donors (Lipinski definition) is 1. The number of aromatic nitrogens is 3. The molecule has 1 N–H and O–H groups in total. The summed E-state index contributed by atoms with van der Waals surface area (Å²) < 4.78 is 27.3. The maximum absolute atomic E-state index is 12.6. The third kappa shape index (κ3) is 3.68. The van der Waals surface area contributed by atoms with Gasteiger partial charge in [-0.15, -0.1) is 10.2 Å². The summed E-state index contributed by atoms with van der Waals surface area (Å²) in [4.78, 5) is 12.7. The molecule has 0 aliphatic heterocycles. The zero-order chi connectivity index (χ0) is 21.3. The Morgan fingerprint density at radius 1 is 0.967 bits per heavy atom. The van der Waals surface area contributed by atoms with Crippen LogP contribution in [0.15, 0.2) is 77.8 Å². The van der Waals surface area contributed by atoms with E-state index < -0.39 is 10.0 Å². The Balaban J connectivity index is 1.56. The first-order chi connectivity index (χ1) is 14.4. The van der Waals surface area contributed by atoms with Gasteiger partial charge in [0.1, 0.15) is 0 Å². The lowest BCUT2D eigenvalue weighted by Crippen LogP contribution is -2.22. The standard InChI is InChI=1S/C21H19N5O3S/c1-25(2)30(28,29)18-11-9-15(10-12-18)21(27)22-17-7-5-6-16(14-17)20-24-23-19-8-3-4-13-26(19)20/h3-14H,1-2H3,(H,22,27). The fourth-order valence-electron chi connectivity index (χ4n) is 2.97. The van der Waals surface area contributed by atoms with E-state index in [9.17, 15) is 13.2 Å². The summed E-state index contributed by atoms with van der Waals surface area (Å²) in [5, 5.41) is 11.2. The van der Waals surface area contributed by atoms with E-state index in [2.05, 4.69) is 15.5 Å². The molecule has 4 rings (SSSR count). The van der Waals surface area contributed by atoms with Crippen molar-refractivity contribution in [3.8, 4) is 11.4 Å². The fraction of sp³-hybridized carbons (Fsp3) is 0.0952. The summed E-state index contributed by atoms with van der Waals surface area (Å²) >= 11 is 0. The van der Waals surface area contributed by atoms with Crippen LogP contribution in [0.2, 0.25) is 0 Å². The van der Waals surface area contributed by atoms with Crippen LogP contribution in [0.25, 0.3) is 17.0 Å². The van der Waals surface area contributed by atoms with Gasteiger partial charge in [-0.05, 0) is 48.5 Å². The molecule has 0 atom stereocenters. The highest BCUT2D eigenvalue weighted by Gasteiger charge is 2.17. The van der Waals surface area contributed by atoms with E-state index in [1.54, 1.807) is 6.07 Å². The van der Waals surface area contributed by atoms with Gasteiger partial charge in [0.2, 0.25) is 10.0 Å². The summed E-state index contributed by atoms with van der Waals surface area (Å²) in [6.45, 7) is 0. The van der Waals surface area contributed by atoms with Crippen LogP contribution in [-0.2, 0) is 10.0 Å². The quantitative estimate of drug-likeness (QED) is 0.534. The van der Waals surface area contributed by atoms with Gasteiger partial charge in [-0.2, -0.15) is 0 Å². The molecule has 0 fully saturated rings. The average molecular weight is 421 g/mol. The van der Waals surface area contributed by atoms with Crippen LogP contribution < -0.4 is 5.32 Å². The molecule has 0 saturated heterocycles. The molecule has 0 bridgehead atoms. The average Bonchev–Trinajstić information content (AvgIpc) is 3.18. The first-order valence-corrected chi connectivity index (χ1v) is 10.5. The van der Waals surface area contributed by atoms with E-state index in [1.807, 2.05) is 47.0 Å². The van der Waals surface area contributed by atoms with Crippen LogP contribution in [0, 0.1) is 0 Å². The molecule has 8 nitrogen and oxygen atoms in total. The Morgan fingerprint density at radius 3 is 2.47 bits per heavy atom. The molecule has 0 saturated carbocycles. The second kappa shape index (κ2) is 7.69. The van der Waals surface area contributed by atoms with Gasteiger partial charge in [0.25, 0.3) is 5.91 Å². The van der Waals surface area contributed by atoms with Crippen LogP contribution in [0.5, 0.6) is 0 Å². The number of nitrogens with zero attached hydrogens (tertiary/aromatic N) is 4. The Bertz CT molecular complexity index is 1330. The van der Waals surface area contributed by atoms with Crippen molar-refractivity contribution >= 4 is 27.3 Å². The van der Waals surface area contributed by atoms with Crippen molar-refractivity contribution in [2.75, 3.05) is 19.4 Å². The highest BCUT2D eigenvalue weighted by Crippen LogP contribution is 2.22. The topological polar surface area (TPSA) is 96.7 Å². The van der Waals surface area contributed by atoms with Crippen molar-refractivity contribution in [2.45, 2.75) is 4.90 Å². The molecule has 30 heavy (non-hydrogen) atoms. The monoisotopic (exact) mass is 421 g/mol. The second-order valence-electron chi connectivity index (χ2n) is 6.80. The van der Waals surface area contributed by atoms with Crippen molar-refractivity contribution in [3.05, 3.63) is 78.5 Å². The lowest BCUT2D eigenvalue weighted by Gasteiger charge is -2.12. The van der Waals surface area contributed by atoms with Crippen molar-refractivity contribution in [1.29, 1.82) is 0 Å². The zero-order valence-corrected chi connectivity index (χ0v) is 17.2. The van der Waals surface area contributed by atoms with Crippen LogP contribution in [0.3, 0.4) is 0 Å². The smallest absolute Gasteiger partial charge is 0.255 e. The van der Waals surface area contributed by atoms with E-state index in [0.717, 1.165) is 15.5 Å². The predicted octanol–water partition coefficient (Wildman–Crippen LogP) is 2.90. The van der Waals surface area contributed by atoms with Crippen molar-refractivity contribution in [2.24, 2.45) is 0 Å². The van der Waals surface area contributed by atoms with Crippen LogP contribution in [-0.4, -0.2) is 47.3 Å². The van der Waals surface area contributed by atoms with Gasteiger partial charge in [-0.1, -0.05) is 18.2 Å². The number of carbonyl (C=O) groups is 1. The minimum Gasteiger partial charge on any atom is -0.322 e. The Morgan fingerprint density at radius 2 is 1.73 bits per heavy atom. The maximum Gasteiger partial charge on any atom is 0.255 e. The molecule has 152 valence electrons. The number of amides is 1. The van der Waals surface area contributed by atoms with Crippen LogP contribution in [0.4, 0.5) is 5.69 Å². The SMILES string of the molecule is CN(C)S(=O)(=O)c1ccc(C(=O)Nc2cccc(-c3nnc4ccccn34)c2)cc1. The molecule has 2 aromatic heterocycles. The summed E-state index contributed by atoms with van der Waals surface area (Å²) in [6.07, 6.45) is 1.87. The summed E-state index contributed by atoms with van der Waals surface area (Å²) in [6, 6.07) is 18.8. The molecule has 0 aliphatic rings. The van der Waals surface area contributed by atoms with E-state index in [-0.39, 0.29) is 10.8 Å². The second-order valence-corrected chi connectivity index (χ2v) is 8.95. The number of hydrogen-bond acceptors (Lipinski definition) is 5. The van der Waals surface area contributed by atoms with Gasteiger partial charge in [-0.25, -0.2) is 12.7 Å². The fourth-order valence-corrected chi connectivity index (χ4v) is 3.87. The van der Waals surface area contributed by atoms with Gasteiger partial charge < -0.3 is 5.32 Å². The third-order valence-corrected chi connectivity index (χ3v) is 6.42. The van der Waals surface area contributed by atoms with E-state index in [0.29, 0.717) is 17.1 Å². The molecule has 9 heteroatoms. The van der Waals surface area contributed by atoms with Gasteiger partial charge in [0.05, 0.1) is 4.90 Å². The number of rotatable bonds is 5. The summed E-state index contributed by atoms with van der Waals surface area (Å²) in [5.74, 6) is 0.326. The molecule has 0 spiro atoms. The number of carbonyl (C=O) groups excluding carboxylic acids is 1. The van der Waals surface area contributed by atoms with E-state index in [1.165, 1.54) is 38.4 Å². The number of anilines is 1. The number of benzene rings is 2. The molecule has 0 aliphatic carbocycles. The lowest BCUT2D eigenvalue weighted by atomic mass is 10.1.